The standard InChI is InChI=1S/C26H38ClN7O3S/c1-33-13-7-8-18(16-33)29-25(35)17-11-12-21(23(14-17)37-3)31-26-28-15-19(27)24(32-26)30-20-9-5-6-10-22(20)34(2)38(4)36/h11-12,14-15,18,20,22H,5-10,13,16H2,1-4H3,(H,29,35)(H2,28,30,31,32)/t18?,20-,22-,38?/m1/s1. The largest absolute Gasteiger partial charge is 0.495 e. The van der Waals surface area contributed by atoms with Crippen molar-refractivity contribution in [3.63, 3.8) is 0 Å². The third kappa shape index (κ3) is 7.13. The highest BCUT2D eigenvalue weighted by atomic mass is 35.5. The number of hydrogen-bond donors (Lipinski definition) is 3. The van der Waals surface area contributed by atoms with E-state index < -0.39 is 11.0 Å². The van der Waals surface area contributed by atoms with Gasteiger partial charge >= 0.3 is 0 Å². The first-order valence-electron chi connectivity index (χ1n) is 13.0. The van der Waals surface area contributed by atoms with E-state index in [1.54, 1.807) is 37.8 Å². The molecule has 1 saturated carbocycles. The molecule has 38 heavy (non-hydrogen) atoms. The second-order valence-electron chi connectivity index (χ2n) is 10.1. The molecule has 12 heteroatoms. The van der Waals surface area contributed by atoms with Crippen LogP contribution in [0.15, 0.2) is 24.4 Å². The molecule has 3 N–H and O–H groups in total. The summed E-state index contributed by atoms with van der Waals surface area (Å²) in [6.45, 7) is 1.91. The Morgan fingerprint density at radius 1 is 1.24 bits per heavy atom. The van der Waals surface area contributed by atoms with E-state index in [0.717, 1.165) is 51.6 Å². The summed E-state index contributed by atoms with van der Waals surface area (Å²) in [5.41, 5.74) is 1.16. The normalized spacial score (nSPS) is 23.1. The van der Waals surface area contributed by atoms with Crippen LogP contribution in [0.3, 0.4) is 0 Å². The SMILES string of the molecule is COc1cc(C(=O)NC2CCCN(C)C2)ccc1Nc1ncc(Cl)c(N[C@@H]2CCCC[C@H]2N(C)S(C)=O)n1. The van der Waals surface area contributed by atoms with E-state index in [9.17, 15) is 9.00 Å². The molecule has 2 fully saturated rings. The van der Waals surface area contributed by atoms with Crippen LogP contribution in [0.5, 0.6) is 5.75 Å². The summed E-state index contributed by atoms with van der Waals surface area (Å²) < 4.78 is 19.6. The minimum atomic E-state index is -1.07. The zero-order chi connectivity index (χ0) is 27.2. The number of ether oxygens (including phenoxy) is 1. The fourth-order valence-corrected chi connectivity index (χ4v) is 6.00. The van der Waals surface area contributed by atoms with Crippen molar-refractivity contribution < 1.29 is 13.7 Å². The first-order chi connectivity index (χ1) is 18.2. The summed E-state index contributed by atoms with van der Waals surface area (Å²) in [4.78, 5) is 24.1. The Morgan fingerprint density at radius 2 is 2.03 bits per heavy atom. The van der Waals surface area contributed by atoms with E-state index in [-0.39, 0.29) is 24.0 Å². The Kier molecular flexibility index (Phi) is 9.80. The fourth-order valence-electron chi connectivity index (χ4n) is 5.22. The maximum absolute atomic E-state index is 12.9. The van der Waals surface area contributed by atoms with Gasteiger partial charge in [0.1, 0.15) is 10.8 Å². The molecular weight excluding hydrogens is 526 g/mol. The first kappa shape index (κ1) is 28.5. The quantitative estimate of drug-likeness (QED) is 0.424. The Morgan fingerprint density at radius 3 is 2.76 bits per heavy atom. The summed E-state index contributed by atoms with van der Waals surface area (Å²) in [6.07, 6.45) is 9.37. The van der Waals surface area contributed by atoms with Gasteiger partial charge < -0.3 is 25.6 Å². The molecule has 10 nitrogen and oxygen atoms in total. The van der Waals surface area contributed by atoms with E-state index >= 15 is 0 Å². The van der Waals surface area contributed by atoms with Crippen LogP contribution in [0.2, 0.25) is 5.02 Å². The Hall–Kier alpha value is -2.47. The van der Waals surface area contributed by atoms with Crippen molar-refractivity contribution in [1.29, 1.82) is 0 Å². The highest BCUT2D eigenvalue weighted by molar-refractivity contribution is 7.81. The zero-order valence-electron chi connectivity index (χ0n) is 22.5. The number of methoxy groups -OCH3 is 1. The minimum absolute atomic E-state index is 0.0641. The second kappa shape index (κ2) is 13.1. The van der Waals surface area contributed by atoms with Gasteiger partial charge in [0.15, 0.2) is 5.82 Å². The predicted octanol–water partition coefficient (Wildman–Crippen LogP) is 3.65. The molecule has 1 aliphatic carbocycles. The average molecular weight is 564 g/mol. The van der Waals surface area contributed by atoms with Crippen LogP contribution in [0.25, 0.3) is 0 Å². The van der Waals surface area contributed by atoms with Crippen molar-refractivity contribution >= 4 is 45.9 Å². The van der Waals surface area contributed by atoms with Gasteiger partial charge in [0, 0.05) is 43.5 Å². The molecular formula is C26H38ClN7O3S. The molecule has 4 rings (SSSR count). The first-order valence-corrected chi connectivity index (χ1v) is 14.9. The molecule has 1 amide bonds. The Labute approximate surface area is 232 Å². The highest BCUT2D eigenvalue weighted by Gasteiger charge is 2.31. The summed E-state index contributed by atoms with van der Waals surface area (Å²) in [7, 11) is 4.45. The van der Waals surface area contributed by atoms with Crippen molar-refractivity contribution in [2.45, 2.75) is 56.7 Å². The maximum Gasteiger partial charge on any atom is 0.251 e. The molecule has 0 spiro atoms. The summed E-state index contributed by atoms with van der Waals surface area (Å²) >= 11 is 6.45. The number of likely N-dealkylation sites (N-methyl/N-ethyl adjacent to an activating group) is 2. The summed E-state index contributed by atoms with van der Waals surface area (Å²) in [5, 5.41) is 10.2. The van der Waals surface area contributed by atoms with E-state index in [2.05, 4.69) is 37.9 Å². The molecule has 2 aliphatic rings. The molecule has 208 valence electrons. The van der Waals surface area contributed by atoms with E-state index in [1.807, 2.05) is 11.4 Å². The topological polar surface area (TPSA) is 112 Å². The van der Waals surface area contributed by atoms with Crippen molar-refractivity contribution in [3.05, 3.63) is 35.0 Å². The van der Waals surface area contributed by atoms with Crippen LogP contribution >= 0.6 is 11.6 Å². The van der Waals surface area contributed by atoms with Crippen LogP contribution in [0, 0.1) is 0 Å². The lowest BCUT2D eigenvalue weighted by Gasteiger charge is -2.37. The van der Waals surface area contributed by atoms with Crippen molar-refractivity contribution in [1.82, 2.24) is 24.5 Å². The molecule has 1 saturated heterocycles. The Bertz CT molecular complexity index is 1150. The number of halogens is 1. The number of anilines is 3. The van der Waals surface area contributed by atoms with E-state index in [1.165, 1.54) is 0 Å². The van der Waals surface area contributed by atoms with Gasteiger partial charge in [-0.3, -0.25) is 4.79 Å². The molecule has 1 aliphatic heterocycles. The molecule has 1 aromatic carbocycles. The molecule has 2 unspecified atom stereocenters. The van der Waals surface area contributed by atoms with Gasteiger partial charge in [-0.1, -0.05) is 24.4 Å². The smallest absolute Gasteiger partial charge is 0.251 e. The number of nitrogens with zero attached hydrogens (tertiary/aromatic N) is 4. The van der Waals surface area contributed by atoms with E-state index in [0.29, 0.717) is 33.8 Å². The number of nitrogens with one attached hydrogen (secondary N) is 3. The maximum atomic E-state index is 12.9. The number of hydrogen-bond acceptors (Lipinski definition) is 8. The van der Waals surface area contributed by atoms with Gasteiger partial charge in [0.2, 0.25) is 5.95 Å². The van der Waals surface area contributed by atoms with Gasteiger partial charge in [-0.15, -0.1) is 0 Å². The number of piperidine rings is 1. The average Bonchev–Trinajstić information content (AvgIpc) is 2.90. The lowest BCUT2D eigenvalue weighted by atomic mass is 9.90. The Balaban J connectivity index is 1.47. The lowest BCUT2D eigenvalue weighted by Crippen LogP contribution is -2.47. The van der Waals surface area contributed by atoms with Gasteiger partial charge in [-0.2, -0.15) is 4.98 Å². The number of benzene rings is 1. The van der Waals surface area contributed by atoms with Gasteiger partial charge in [-0.05, 0) is 57.5 Å². The van der Waals surface area contributed by atoms with Crippen molar-refractivity contribution in [3.8, 4) is 5.75 Å². The molecule has 0 bridgehead atoms. The highest BCUT2D eigenvalue weighted by Crippen LogP contribution is 2.31. The molecule has 4 atom stereocenters. The zero-order valence-corrected chi connectivity index (χ0v) is 24.1. The van der Waals surface area contributed by atoms with Gasteiger partial charge in [-0.25, -0.2) is 13.5 Å². The number of rotatable bonds is 9. The minimum Gasteiger partial charge on any atom is -0.495 e. The third-order valence-corrected chi connectivity index (χ3v) is 8.70. The van der Waals surface area contributed by atoms with Crippen LogP contribution in [-0.2, 0) is 11.0 Å². The monoisotopic (exact) mass is 563 g/mol. The molecule has 2 heterocycles. The van der Waals surface area contributed by atoms with Gasteiger partial charge in [0.05, 0.1) is 30.0 Å². The van der Waals surface area contributed by atoms with Crippen molar-refractivity contribution in [2.75, 3.05) is 51.2 Å². The van der Waals surface area contributed by atoms with Crippen LogP contribution < -0.4 is 20.7 Å². The van der Waals surface area contributed by atoms with Crippen LogP contribution in [0.1, 0.15) is 48.9 Å². The van der Waals surface area contributed by atoms with Crippen LogP contribution in [-0.4, -0.2) is 88.0 Å². The third-order valence-electron chi connectivity index (χ3n) is 7.34. The molecule has 0 radical (unpaired) electrons. The number of aromatic nitrogens is 2. The number of likely N-dealkylation sites (tertiary alicyclic amines) is 1. The fraction of sp³-hybridized carbons (Fsp3) is 0.577. The van der Waals surface area contributed by atoms with E-state index in [4.69, 9.17) is 16.3 Å². The molecule has 2 aromatic rings. The summed E-state index contributed by atoms with van der Waals surface area (Å²) in [6, 6.07) is 5.58. The number of carbonyl (C=O) groups excluding carboxylic acids is 1. The second-order valence-corrected chi connectivity index (χ2v) is 11.9. The number of carbonyl (C=O) groups is 1. The van der Waals surface area contributed by atoms with Crippen LogP contribution in [0.4, 0.5) is 17.5 Å². The van der Waals surface area contributed by atoms with Crippen molar-refractivity contribution in [2.24, 2.45) is 0 Å². The summed E-state index contributed by atoms with van der Waals surface area (Å²) in [5.74, 6) is 1.25. The molecule has 1 aromatic heterocycles. The lowest BCUT2D eigenvalue weighted by molar-refractivity contribution is 0.0912. The predicted molar refractivity (Wildman–Crippen MR) is 153 cm³/mol. The van der Waals surface area contributed by atoms with Gasteiger partial charge in [0.25, 0.3) is 5.91 Å². The number of amides is 1.